The molecule has 1 fully saturated rings. The highest BCUT2D eigenvalue weighted by Crippen LogP contribution is 2.43. The molecule has 1 amide bonds. The molecule has 0 bridgehead atoms. The maximum absolute atomic E-state index is 13.0. The van der Waals surface area contributed by atoms with Crippen molar-refractivity contribution in [1.82, 2.24) is 9.88 Å². The Hall–Kier alpha value is -3.09. The average Bonchev–Trinajstić information content (AvgIpc) is 3.16. The van der Waals surface area contributed by atoms with Crippen LogP contribution in [-0.2, 0) is 0 Å². The molecule has 0 radical (unpaired) electrons. The molecule has 2 aliphatic heterocycles. The number of aromatic carboxylic acids is 1. The molecule has 3 heterocycles. The minimum Gasteiger partial charge on any atom is -0.486 e. The molecule has 7 heteroatoms. The van der Waals surface area contributed by atoms with Crippen LogP contribution in [0.25, 0.3) is 0 Å². The van der Waals surface area contributed by atoms with Crippen LogP contribution in [0.15, 0.2) is 36.5 Å². The van der Waals surface area contributed by atoms with Gasteiger partial charge in [-0.1, -0.05) is 12.1 Å². The standard InChI is InChI=1S/C19H18N2O5/c22-18(14-11-12(19(23)24)6-7-20-14)21-8-2-4-15(21)13-3-1-5-16-17(13)26-10-9-25-16/h1,3,5-7,11,15H,2,4,8-10H2,(H,23,24). The summed E-state index contributed by atoms with van der Waals surface area (Å²) in [6, 6.07) is 8.25. The van der Waals surface area contributed by atoms with E-state index in [1.165, 1.54) is 18.3 Å². The number of rotatable bonds is 3. The van der Waals surface area contributed by atoms with Crippen LogP contribution in [0.2, 0.25) is 0 Å². The van der Waals surface area contributed by atoms with E-state index < -0.39 is 5.97 Å². The molecule has 1 unspecified atom stereocenters. The summed E-state index contributed by atoms with van der Waals surface area (Å²) in [6.45, 7) is 1.58. The van der Waals surface area contributed by atoms with Gasteiger partial charge in [-0.2, -0.15) is 0 Å². The molecule has 0 saturated carbocycles. The normalized spacial score (nSPS) is 18.6. The van der Waals surface area contributed by atoms with E-state index in [1.807, 2.05) is 18.2 Å². The number of nitrogens with zero attached hydrogens (tertiary/aromatic N) is 2. The van der Waals surface area contributed by atoms with Crippen LogP contribution in [-0.4, -0.2) is 46.6 Å². The molecule has 7 nitrogen and oxygen atoms in total. The molecule has 1 atom stereocenters. The Morgan fingerprint density at radius 3 is 2.88 bits per heavy atom. The predicted molar refractivity (Wildman–Crippen MR) is 91.6 cm³/mol. The number of para-hydroxylation sites is 1. The van der Waals surface area contributed by atoms with Crippen LogP contribution in [0.4, 0.5) is 0 Å². The first-order valence-corrected chi connectivity index (χ1v) is 8.54. The molecule has 2 aromatic rings. The largest absolute Gasteiger partial charge is 0.486 e. The third-order valence-corrected chi connectivity index (χ3v) is 4.70. The number of carboxylic acids is 1. The second-order valence-electron chi connectivity index (χ2n) is 6.26. The van der Waals surface area contributed by atoms with E-state index in [2.05, 4.69) is 4.98 Å². The van der Waals surface area contributed by atoms with Crippen LogP contribution in [0.1, 0.15) is 45.3 Å². The fourth-order valence-electron chi connectivity index (χ4n) is 3.52. The molecule has 1 N–H and O–H groups in total. The second-order valence-corrected chi connectivity index (χ2v) is 6.26. The van der Waals surface area contributed by atoms with Crippen molar-refractivity contribution < 1.29 is 24.2 Å². The van der Waals surface area contributed by atoms with Gasteiger partial charge in [0.25, 0.3) is 5.91 Å². The number of fused-ring (bicyclic) bond motifs is 1. The summed E-state index contributed by atoms with van der Waals surface area (Å²) in [5.74, 6) is 0.0294. The summed E-state index contributed by atoms with van der Waals surface area (Å²) in [5.41, 5.74) is 1.11. The van der Waals surface area contributed by atoms with Crippen LogP contribution in [0.3, 0.4) is 0 Å². The lowest BCUT2D eigenvalue weighted by Crippen LogP contribution is -2.32. The van der Waals surface area contributed by atoms with Crippen molar-refractivity contribution in [2.75, 3.05) is 19.8 Å². The fourth-order valence-corrected chi connectivity index (χ4v) is 3.52. The van der Waals surface area contributed by atoms with Gasteiger partial charge < -0.3 is 19.5 Å². The van der Waals surface area contributed by atoms with Crippen molar-refractivity contribution >= 4 is 11.9 Å². The first-order chi connectivity index (χ1) is 12.6. The first-order valence-electron chi connectivity index (χ1n) is 8.54. The number of carbonyl (C=O) groups is 2. The van der Waals surface area contributed by atoms with Crippen molar-refractivity contribution in [2.24, 2.45) is 0 Å². The van der Waals surface area contributed by atoms with Crippen LogP contribution < -0.4 is 9.47 Å². The molecule has 4 rings (SSSR count). The Morgan fingerprint density at radius 1 is 1.19 bits per heavy atom. The van der Waals surface area contributed by atoms with E-state index in [0.717, 1.165) is 18.4 Å². The zero-order valence-corrected chi connectivity index (χ0v) is 14.1. The summed E-state index contributed by atoms with van der Waals surface area (Å²) in [5, 5.41) is 9.14. The smallest absolute Gasteiger partial charge is 0.335 e. The highest BCUT2D eigenvalue weighted by molar-refractivity contribution is 5.96. The quantitative estimate of drug-likeness (QED) is 0.911. The number of pyridine rings is 1. The monoisotopic (exact) mass is 354 g/mol. The molecule has 134 valence electrons. The number of hydrogen-bond acceptors (Lipinski definition) is 5. The van der Waals surface area contributed by atoms with Gasteiger partial charge in [-0.15, -0.1) is 0 Å². The van der Waals surface area contributed by atoms with Gasteiger partial charge in [0.05, 0.1) is 11.6 Å². The Balaban J connectivity index is 1.66. The molecular formula is C19H18N2O5. The van der Waals surface area contributed by atoms with Crippen molar-refractivity contribution in [3.05, 3.63) is 53.3 Å². The van der Waals surface area contributed by atoms with Gasteiger partial charge in [0, 0.05) is 18.3 Å². The zero-order valence-electron chi connectivity index (χ0n) is 14.1. The SMILES string of the molecule is O=C(O)c1ccnc(C(=O)N2CCCC2c2cccc3c2OCCO3)c1. The minimum absolute atomic E-state index is 0.0490. The van der Waals surface area contributed by atoms with Crippen molar-refractivity contribution in [3.8, 4) is 11.5 Å². The molecule has 2 aliphatic rings. The third kappa shape index (κ3) is 2.85. The summed E-state index contributed by atoms with van der Waals surface area (Å²) in [6.07, 6.45) is 3.02. The van der Waals surface area contributed by atoms with Crippen molar-refractivity contribution in [2.45, 2.75) is 18.9 Å². The molecule has 0 aliphatic carbocycles. The topological polar surface area (TPSA) is 89.0 Å². The fraction of sp³-hybridized carbons (Fsp3) is 0.316. The van der Waals surface area contributed by atoms with E-state index in [4.69, 9.17) is 14.6 Å². The van der Waals surface area contributed by atoms with Crippen LogP contribution in [0, 0.1) is 0 Å². The van der Waals surface area contributed by atoms with Gasteiger partial charge in [-0.25, -0.2) is 4.79 Å². The maximum atomic E-state index is 13.0. The van der Waals surface area contributed by atoms with Gasteiger partial charge >= 0.3 is 5.97 Å². The van der Waals surface area contributed by atoms with Crippen molar-refractivity contribution in [1.29, 1.82) is 0 Å². The molecular weight excluding hydrogens is 336 g/mol. The lowest BCUT2D eigenvalue weighted by molar-refractivity contribution is 0.0696. The molecule has 26 heavy (non-hydrogen) atoms. The Labute approximate surface area is 150 Å². The maximum Gasteiger partial charge on any atom is 0.335 e. The van der Waals surface area contributed by atoms with Crippen LogP contribution >= 0.6 is 0 Å². The third-order valence-electron chi connectivity index (χ3n) is 4.70. The molecule has 1 aromatic carbocycles. The Kier molecular flexibility index (Phi) is 4.20. The number of aromatic nitrogens is 1. The Morgan fingerprint density at radius 2 is 2.04 bits per heavy atom. The molecule has 1 saturated heterocycles. The van der Waals surface area contributed by atoms with Gasteiger partial charge in [0.1, 0.15) is 18.9 Å². The Bertz CT molecular complexity index is 867. The number of carboxylic acid groups (broad SMARTS) is 1. The number of ether oxygens (including phenoxy) is 2. The first kappa shape index (κ1) is 16.4. The lowest BCUT2D eigenvalue weighted by Gasteiger charge is -2.28. The van der Waals surface area contributed by atoms with Gasteiger partial charge in [-0.3, -0.25) is 9.78 Å². The van der Waals surface area contributed by atoms with Crippen molar-refractivity contribution in [3.63, 3.8) is 0 Å². The van der Waals surface area contributed by atoms with E-state index in [0.29, 0.717) is 31.3 Å². The highest BCUT2D eigenvalue weighted by Gasteiger charge is 2.34. The summed E-state index contributed by atoms with van der Waals surface area (Å²) in [4.78, 5) is 29.9. The average molecular weight is 354 g/mol. The minimum atomic E-state index is -1.08. The van der Waals surface area contributed by atoms with E-state index in [1.54, 1.807) is 4.90 Å². The number of likely N-dealkylation sites (tertiary alicyclic amines) is 1. The van der Waals surface area contributed by atoms with E-state index >= 15 is 0 Å². The highest BCUT2D eigenvalue weighted by atomic mass is 16.6. The number of amides is 1. The lowest BCUT2D eigenvalue weighted by atomic mass is 10.0. The number of hydrogen-bond donors (Lipinski definition) is 1. The van der Waals surface area contributed by atoms with Gasteiger partial charge in [-0.05, 0) is 31.0 Å². The van der Waals surface area contributed by atoms with E-state index in [9.17, 15) is 9.59 Å². The zero-order chi connectivity index (χ0) is 18.1. The van der Waals surface area contributed by atoms with Gasteiger partial charge in [0.15, 0.2) is 11.5 Å². The summed E-state index contributed by atoms with van der Waals surface area (Å²) < 4.78 is 11.4. The van der Waals surface area contributed by atoms with Crippen LogP contribution in [0.5, 0.6) is 11.5 Å². The molecule has 1 aromatic heterocycles. The molecule has 0 spiro atoms. The summed E-state index contributed by atoms with van der Waals surface area (Å²) >= 11 is 0. The van der Waals surface area contributed by atoms with E-state index in [-0.39, 0.29) is 23.2 Å². The number of carbonyl (C=O) groups excluding carboxylic acids is 1. The van der Waals surface area contributed by atoms with Gasteiger partial charge in [0.2, 0.25) is 0 Å². The predicted octanol–water partition coefficient (Wildman–Crippen LogP) is 2.53. The summed E-state index contributed by atoms with van der Waals surface area (Å²) in [7, 11) is 0. The second kappa shape index (κ2) is 6.67. The number of benzene rings is 1.